The zero-order valence-electron chi connectivity index (χ0n) is 18.9. The van der Waals surface area contributed by atoms with Crippen LogP contribution in [0, 0.1) is 0 Å². The minimum absolute atomic E-state index is 0.182. The predicted octanol–water partition coefficient (Wildman–Crippen LogP) is 2.32. The lowest BCUT2D eigenvalue weighted by atomic mass is 10.1. The smallest absolute Gasteiger partial charge is 0.320 e. The van der Waals surface area contributed by atoms with Crippen molar-refractivity contribution < 1.29 is 19.7 Å². The predicted molar refractivity (Wildman–Crippen MR) is 126 cm³/mol. The van der Waals surface area contributed by atoms with Gasteiger partial charge in [-0.15, -0.1) is 13.2 Å². The molecule has 1 fully saturated rings. The Bertz CT molecular complexity index is 986. The van der Waals surface area contributed by atoms with Crippen LogP contribution in [0.4, 0.5) is 5.82 Å². The van der Waals surface area contributed by atoms with E-state index < -0.39 is 31.4 Å². The Labute approximate surface area is 183 Å². The molecule has 0 amide bonds. The SMILES string of the molecule is C=P(C)(C)CC[C@H]1OC(n2cnc3c(NC/C=C(/C)CC)nc(OC)nc32)[C@H](O)[C@@H]1O. The second-order valence-electron chi connectivity index (χ2n) is 8.66. The van der Waals surface area contributed by atoms with Gasteiger partial charge >= 0.3 is 6.01 Å². The lowest BCUT2D eigenvalue weighted by Crippen LogP contribution is -2.31. The maximum absolute atomic E-state index is 10.7. The van der Waals surface area contributed by atoms with Crippen molar-refractivity contribution >= 4 is 30.2 Å². The van der Waals surface area contributed by atoms with E-state index in [0.717, 1.165) is 12.6 Å². The Hall–Kier alpha value is -1.93. The van der Waals surface area contributed by atoms with Crippen LogP contribution in [0.25, 0.3) is 11.2 Å². The van der Waals surface area contributed by atoms with Crippen molar-refractivity contribution in [1.82, 2.24) is 19.5 Å². The minimum Gasteiger partial charge on any atom is -0.467 e. The number of nitrogens with zero attached hydrogens (tertiary/aromatic N) is 4. The second kappa shape index (κ2) is 9.69. The van der Waals surface area contributed by atoms with E-state index >= 15 is 0 Å². The standard InChI is InChI=1S/C21H34N5O4P/c1-7-13(2)8-10-22-18-15-19(25-21(24-18)29-3)26(12-23-15)20-17(28)16(27)14(30-20)9-11-31(4,5)6/h8,12,14,16-17,20,27-28H,4,7,9-11H2,1-3,5-6H3,(H,22,24,25)/b13-8-/t14-,16-,17-,20?/m1/s1. The molecule has 31 heavy (non-hydrogen) atoms. The van der Waals surface area contributed by atoms with Crippen molar-refractivity contribution in [2.45, 2.75) is 51.2 Å². The molecule has 0 aromatic carbocycles. The van der Waals surface area contributed by atoms with E-state index in [1.807, 2.05) is 0 Å². The minimum atomic E-state index is -1.26. The molecular formula is C21H34N5O4P. The maximum atomic E-state index is 10.7. The number of allylic oxidation sites excluding steroid dienone is 1. The van der Waals surface area contributed by atoms with Crippen LogP contribution in [-0.2, 0) is 4.74 Å². The van der Waals surface area contributed by atoms with E-state index in [9.17, 15) is 10.2 Å². The van der Waals surface area contributed by atoms with Crippen molar-refractivity contribution in [2.75, 3.05) is 38.5 Å². The molecule has 2 aromatic heterocycles. The number of fused-ring (bicyclic) bond motifs is 1. The topological polar surface area (TPSA) is 115 Å². The molecule has 3 rings (SSSR count). The van der Waals surface area contributed by atoms with Gasteiger partial charge in [0.05, 0.1) is 19.5 Å². The zero-order valence-corrected chi connectivity index (χ0v) is 19.8. The Morgan fingerprint density at radius 1 is 1.35 bits per heavy atom. The number of aromatic nitrogens is 4. The molecule has 0 radical (unpaired) electrons. The van der Waals surface area contributed by atoms with Crippen LogP contribution in [0.1, 0.15) is 32.9 Å². The number of nitrogens with one attached hydrogen (secondary N) is 1. The van der Waals surface area contributed by atoms with Gasteiger partial charge in [0.2, 0.25) is 0 Å². The monoisotopic (exact) mass is 451 g/mol. The molecule has 3 N–H and O–H groups in total. The number of rotatable bonds is 9. The van der Waals surface area contributed by atoms with E-state index in [1.54, 1.807) is 10.9 Å². The molecule has 0 saturated carbocycles. The van der Waals surface area contributed by atoms with E-state index in [0.29, 0.717) is 29.9 Å². The molecule has 1 unspecified atom stereocenters. The number of hydrogen-bond acceptors (Lipinski definition) is 8. The summed E-state index contributed by atoms with van der Waals surface area (Å²) in [5, 5.41) is 24.5. The summed E-state index contributed by atoms with van der Waals surface area (Å²) in [6.07, 6.45) is 6.99. The number of anilines is 1. The molecule has 3 heterocycles. The van der Waals surface area contributed by atoms with Gasteiger partial charge in [0.1, 0.15) is 12.2 Å². The number of imidazole rings is 1. The third kappa shape index (κ3) is 5.47. The molecule has 1 aliphatic heterocycles. The van der Waals surface area contributed by atoms with Crippen LogP contribution in [0.3, 0.4) is 0 Å². The van der Waals surface area contributed by atoms with Crippen molar-refractivity contribution in [3.8, 4) is 6.01 Å². The fraction of sp³-hybridized carbons (Fsp3) is 0.619. The van der Waals surface area contributed by atoms with Crippen molar-refractivity contribution in [2.24, 2.45) is 0 Å². The summed E-state index contributed by atoms with van der Waals surface area (Å²) in [5.41, 5.74) is 2.28. The van der Waals surface area contributed by atoms with Gasteiger partial charge in [0.15, 0.2) is 23.2 Å². The van der Waals surface area contributed by atoms with E-state index in [-0.39, 0.29) is 6.01 Å². The first-order valence-electron chi connectivity index (χ1n) is 10.5. The van der Waals surface area contributed by atoms with Gasteiger partial charge < -0.3 is 25.0 Å². The Kier molecular flexibility index (Phi) is 7.42. The highest BCUT2D eigenvalue weighted by molar-refractivity contribution is 7.72. The molecule has 172 valence electrons. The Balaban J connectivity index is 1.89. The fourth-order valence-corrected chi connectivity index (χ4v) is 4.39. The lowest BCUT2D eigenvalue weighted by Gasteiger charge is -2.18. The van der Waals surface area contributed by atoms with E-state index in [4.69, 9.17) is 9.47 Å². The lowest BCUT2D eigenvalue weighted by molar-refractivity contribution is -0.0353. The molecule has 10 heteroatoms. The quantitative estimate of drug-likeness (QED) is 0.393. The van der Waals surface area contributed by atoms with Gasteiger partial charge in [0, 0.05) is 6.54 Å². The third-order valence-corrected chi connectivity index (χ3v) is 6.96. The number of ether oxygens (including phenoxy) is 2. The number of methoxy groups -OCH3 is 1. The summed E-state index contributed by atoms with van der Waals surface area (Å²) in [6.45, 7) is 7.79. The van der Waals surface area contributed by atoms with Gasteiger partial charge in [-0.3, -0.25) is 4.57 Å². The molecule has 0 bridgehead atoms. The van der Waals surface area contributed by atoms with Gasteiger partial charge in [-0.1, -0.05) is 18.6 Å². The summed E-state index contributed by atoms with van der Waals surface area (Å²) in [4.78, 5) is 13.3. The summed E-state index contributed by atoms with van der Waals surface area (Å²) in [7, 11) is 1.50. The van der Waals surface area contributed by atoms with Crippen LogP contribution >= 0.6 is 6.89 Å². The molecule has 0 aliphatic carbocycles. The zero-order chi connectivity index (χ0) is 22.8. The summed E-state index contributed by atoms with van der Waals surface area (Å²) >= 11 is 0. The first-order valence-corrected chi connectivity index (χ1v) is 13.6. The highest BCUT2D eigenvalue weighted by Crippen LogP contribution is 2.40. The molecular weight excluding hydrogens is 417 g/mol. The summed E-state index contributed by atoms with van der Waals surface area (Å²) in [6, 6.07) is 0.182. The highest BCUT2D eigenvalue weighted by atomic mass is 31.2. The fourth-order valence-electron chi connectivity index (χ4n) is 3.44. The van der Waals surface area contributed by atoms with Gasteiger partial charge in [-0.05, 0) is 39.3 Å². The van der Waals surface area contributed by atoms with Crippen LogP contribution in [0.5, 0.6) is 6.01 Å². The normalized spacial score (nSPS) is 24.7. The van der Waals surface area contributed by atoms with Crippen LogP contribution in [0.2, 0.25) is 0 Å². The second-order valence-corrected chi connectivity index (χ2v) is 13.0. The Morgan fingerprint density at radius 2 is 2.10 bits per heavy atom. The summed E-state index contributed by atoms with van der Waals surface area (Å²) < 4.78 is 13.0. The molecule has 2 aromatic rings. The number of hydrogen-bond donors (Lipinski definition) is 3. The number of aliphatic hydroxyl groups is 2. The first kappa shape index (κ1) is 23.7. The van der Waals surface area contributed by atoms with Crippen molar-refractivity contribution in [3.05, 3.63) is 18.0 Å². The van der Waals surface area contributed by atoms with E-state index in [1.165, 1.54) is 12.7 Å². The largest absolute Gasteiger partial charge is 0.467 e. The Morgan fingerprint density at radius 3 is 2.74 bits per heavy atom. The summed E-state index contributed by atoms with van der Waals surface area (Å²) in [5.74, 6) is 0.536. The molecule has 4 atom stereocenters. The highest BCUT2D eigenvalue weighted by Gasteiger charge is 2.44. The third-order valence-electron chi connectivity index (χ3n) is 5.49. The molecule has 9 nitrogen and oxygen atoms in total. The van der Waals surface area contributed by atoms with E-state index in [2.05, 4.69) is 59.8 Å². The average Bonchev–Trinajstić information content (AvgIpc) is 3.27. The molecule has 0 spiro atoms. The first-order chi connectivity index (χ1) is 14.6. The van der Waals surface area contributed by atoms with Crippen molar-refractivity contribution in [1.29, 1.82) is 0 Å². The average molecular weight is 452 g/mol. The van der Waals surface area contributed by atoms with Crippen LogP contribution in [-0.4, -0.2) is 87.5 Å². The van der Waals surface area contributed by atoms with Gasteiger partial charge in [-0.2, -0.15) is 9.97 Å². The van der Waals surface area contributed by atoms with Gasteiger partial charge in [-0.25, -0.2) is 4.98 Å². The van der Waals surface area contributed by atoms with Crippen LogP contribution < -0.4 is 10.1 Å². The maximum Gasteiger partial charge on any atom is 0.320 e. The number of aliphatic hydroxyl groups excluding tert-OH is 2. The van der Waals surface area contributed by atoms with Gasteiger partial charge in [0.25, 0.3) is 0 Å². The van der Waals surface area contributed by atoms with Crippen molar-refractivity contribution in [3.63, 3.8) is 0 Å². The molecule has 1 saturated heterocycles. The molecule has 1 aliphatic rings. The van der Waals surface area contributed by atoms with Crippen LogP contribution in [0.15, 0.2) is 18.0 Å².